The van der Waals surface area contributed by atoms with Gasteiger partial charge in [0.1, 0.15) is 11.6 Å². The average molecular weight is 471 g/mol. The first kappa shape index (κ1) is 30.3. The van der Waals surface area contributed by atoms with Crippen molar-refractivity contribution in [3.8, 4) is 0 Å². The molecule has 1 aromatic rings. The van der Waals surface area contributed by atoms with Gasteiger partial charge in [-0.1, -0.05) is 79.9 Å². The molecule has 3 heteroatoms. The van der Waals surface area contributed by atoms with Gasteiger partial charge < -0.3 is 0 Å². The van der Waals surface area contributed by atoms with Gasteiger partial charge in [0.05, 0.1) is 6.42 Å². The lowest BCUT2D eigenvalue weighted by Crippen LogP contribution is -2.30. The van der Waals surface area contributed by atoms with Gasteiger partial charge in [-0.15, -0.1) is 0 Å². The predicted octanol–water partition coefficient (Wildman–Crippen LogP) is 8.22. The van der Waals surface area contributed by atoms with E-state index in [2.05, 4.69) is 60.6 Å². The molecule has 0 saturated carbocycles. The lowest BCUT2D eigenvalue weighted by molar-refractivity contribution is -0.129. The Hall–Kier alpha value is -1.77. The molecule has 0 fully saturated rings. The molecule has 0 saturated heterocycles. The number of carbonyl (C=O) groups is 3. The number of hydrogen-bond donors (Lipinski definition) is 0. The van der Waals surface area contributed by atoms with Crippen LogP contribution in [-0.2, 0) is 21.4 Å². The van der Waals surface area contributed by atoms with Crippen molar-refractivity contribution in [1.29, 1.82) is 0 Å². The molecule has 3 nitrogen and oxygen atoms in total. The van der Waals surface area contributed by atoms with Gasteiger partial charge in [0.25, 0.3) is 0 Å². The smallest absolute Gasteiger partial charge is 0.163 e. The molecule has 2 rings (SSSR count). The van der Waals surface area contributed by atoms with Gasteiger partial charge in [0.15, 0.2) is 5.78 Å². The maximum atomic E-state index is 13.2. The van der Waals surface area contributed by atoms with Crippen molar-refractivity contribution in [2.45, 2.75) is 126 Å². The Morgan fingerprint density at radius 3 is 2.18 bits per heavy atom. The minimum Gasteiger partial charge on any atom is -0.300 e. The van der Waals surface area contributed by atoms with E-state index in [0.717, 1.165) is 49.7 Å². The Bertz CT molecular complexity index is 833. The first-order chi connectivity index (χ1) is 16.0. The van der Waals surface area contributed by atoms with Crippen LogP contribution in [0.1, 0.15) is 134 Å². The molecule has 0 amide bonds. The number of carbonyl (C=O) groups excluding carboxylic acids is 3. The predicted molar refractivity (Wildman–Crippen MR) is 144 cm³/mol. The molecule has 1 aliphatic carbocycles. The molecule has 0 aromatic heterocycles. The summed E-state index contributed by atoms with van der Waals surface area (Å²) in [5, 5.41) is 0. The highest BCUT2D eigenvalue weighted by Gasteiger charge is 2.34. The Morgan fingerprint density at radius 1 is 1.06 bits per heavy atom. The van der Waals surface area contributed by atoms with E-state index in [4.69, 9.17) is 0 Å². The maximum absolute atomic E-state index is 13.2. The first-order valence-corrected chi connectivity index (χ1v) is 13.6. The van der Waals surface area contributed by atoms with Crippen LogP contribution in [0.15, 0.2) is 12.1 Å². The van der Waals surface area contributed by atoms with Crippen molar-refractivity contribution in [2.75, 3.05) is 0 Å². The molecule has 0 bridgehead atoms. The van der Waals surface area contributed by atoms with E-state index in [1.807, 2.05) is 6.92 Å². The third-order valence-electron chi connectivity index (χ3n) is 7.57. The Labute approximate surface area is 209 Å². The normalized spacial score (nSPS) is 17.3. The minimum atomic E-state index is -0.0742. The van der Waals surface area contributed by atoms with Crippen LogP contribution >= 0.6 is 0 Å². The quantitative estimate of drug-likeness (QED) is 0.306. The molecule has 0 spiro atoms. The Balaban J connectivity index is 0.00000182. The molecule has 0 N–H and O–H groups in total. The van der Waals surface area contributed by atoms with Crippen LogP contribution < -0.4 is 0 Å². The second kappa shape index (κ2) is 14.0. The van der Waals surface area contributed by atoms with Crippen LogP contribution in [0.25, 0.3) is 0 Å². The molecule has 0 radical (unpaired) electrons. The summed E-state index contributed by atoms with van der Waals surface area (Å²) < 4.78 is 0. The highest BCUT2D eigenvalue weighted by atomic mass is 16.1. The molecular weight excluding hydrogens is 420 g/mol. The van der Waals surface area contributed by atoms with Gasteiger partial charge in [-0.25, -0.2) is 0 Å². The molecule has 0 aliphatic heterocycles. The summed E-state index contributed by atoms with van der Waals surface area (Å²) in [4.78, 5) is 37.5. The number of Topliss-reactive ketones (excluding diaryl/α,β-unsaturated/α-hetero) is 3. The Kier molecular flexibility index (Phi) is 12.4. The molecule has 34 heavy (non-hydrogen) atoms. The summed E-state index contributed by atoms with van der Waals surface area (Å²) in [6.07, 6.45) is 7.45. The fraction of sp³-hybridized carbons (Fsp3) is 0.710. The van der Waals surface area contributed by atoms with E-state index in [0.29, 0.717) is 6.42 Å². The van der Waals surface area contributed by atoms with Crippen molar-refractivity contribution >= 4 is 17.3 Å². The van der Waals surface area contributed by atoms with E-state index < -0.39 is 0 Å². The summed E-state index contributed by atoms with van der Waals surface area (Å²) in [6.45, 7) is 18.7. The summed E-state index contributed by atoms with van der Waals surface area (Å²) in [6, 6.07) is 4.40. The minimum absolute atomic E-state index is 0.0420. The number of hydrogen-bond acceptors (Lipinski definition) is 3. The number of fused-ring (bicyclic) bond motifs is 1. The van der Waals surface area contributed by atoms with Gasteiger partial charge >= 0.3 is 0 Å². The number of rotatable bonds is 11. The highest BCUT2D eigenvalue weighted by molar-refractivity contribution is 6.00. The monoisotopic (exact) mass is 470 g/mol. The van der Waals surface area contributed by atoms with E-state index in [1.165, 1.54) is 24.5 Å². The topological polar surface area (TPSA) is 51.2 Å². The molecule has 1 aromatic carbocycles. The SMILES string of the molecule is CCC.CCCC(CC1CC(=O)c2c(ccc(C(C)(C)CC)c2C)C1)C(CC)C(=O)CC(C)=O. The van der Waals surface area contributed by atoms with E-state index in [9.17, 15) is 14.4 Å². The number of benzene rings is 1. The zero-order chi connectivity index (χ0) is 26.1. The van der Waals surface area contributed by atoms with Crippen molar-refractivity contribution in [3.05, 3.63) is 34.4 Å². The zero-order valence-electron chi connectivity index (χ0n) is 23.5. The van der Waals surface area contributed by atoms with Gasteiger partial charge in [-0.2, -0.15) is 0 Å². The highest BCUT2D eigenvalue weighted by Crippen LogP contribution is 2.39. The number of ketones is 3. The molecule has 3 atom stereocenters. The van der Waals surface area contributed by atoms with Crippen LogP contribution in [-0.4, -0.2) is 17.3 Å². The third-order valence-corrected chi connectivity index (χ3v) is 7.57. The lowest BCUT2D eigenvalue weighted by atomic mass is 9.70. The largest absolute Gasteiger partial charge is 0.300 e. The summed E-state index contributed by atoms with van der Waals surface area (Å²) in [5.41, 5.74) is 4.62. The van der Waals surface area contributed by atoms with E-state index in [-0.39, 0.29) is 46.9 Å². The van der Waals surface area contributed by atoms with Crippen molar-refractivity contribution < 1.29 is 14.4 Å². The second-order valence-corrected chi connectivity index (χ2v) is 11.1. The standard InChI is InChI=1S/C28H42O3.C3H8/c1-8-11-21(23(9-2)25(30)14-18(4)29)15-20-16-22-12-13-24(28(6,7)10-3)19(5)27(22)26(31)17-20;1-3-2/h12-13,20-21,23H,8-11,14-17H2,1-7H3;3H2,1-2H3. The van der Waals surface area contributed by atoms with Crippen LogP contribution in [0.5, 0.6) is 0 Å². The van der Waals surface area contributed by atoms with Crippen LogP contribution in [0.2, 0.25) is 0 Å². The molecule has 1 aliphatic rings. The summed E-state index contributed by atoms with van der Waals surface area (Å²) >= 11 is 0. The average Bonchev–Trinajstić information content (AvgIpc) is 2.74. The van der Waals surface area contributed by atoms with E-state index >= 15 is 0 Å². The van der Waals surface area contributed by atoms with Crippen molar-refractivity contribution in [1.82, 2.24) is 0 Å². The van der Waals surface area contributed by atoms with Crippen molar-refractivity contribution in [3.63, 3.8) is 0 Å². The second-order valence-electron chi connectivity index (χ2n) is 11.1. The van der Waals surface area contributed by atoms with Gasteiger partial charge in [-0.3, -0.25) is 14.4 Å². The maximum Gasteiger partial charge on any atom is 0.163 e. The van der Waals surface area contributed by atoms with Gasteiger partial charge in [0, 0.05) is 17.9 Å². The van der Waals surface area contributed by atoms with Crippen LogP contribution in [0.4, 0.5) is 0 Å². The van der Waals surface area contributed by atoms with Gasteiger partial charge in [-0.05, 0) is 73.5 Å². The molecule has 0 heterocycles. The van der Waals surface area contributed by atoms with E-state index in [1.54, 1.807) is 0 Å². The lowest BCUT2D eigenvalue weighted by Gasteiger charge is -2.33. The molecular formula is C31H50O3. The molecule has 192 valence electrons. The first-order valence-electron chi connectivity index (χ1n) is 13.6. The van der Waals surface area contributed by atoms with Crippen LogP contribution in [0.3, 0.4) is 0 Å². The molecule has 3 unspecified atom stereocenters. The van der Waals surface area contributed by atoms with Crippen molar-refractivity contribution in [2.24, 2.45) is 17.8 Å². The summed E-state index contributed by atoms with van der Waals surface area (Å²) in [5.74, 6) is 0.742. The Morgan fingerprint density at radius 2 is 1.68 bits per heavy atom. The van der Waals surface area contributed by atoms with Crippen LogP contribution in [0, 0.1) is 24.7 Å². The third kappa shape index (κ3) is 7.89. The zero-order valence-corrected chi connectivity index (χ0v) is 23.5. The summed E-state index contributed by atoms with van der Waals surface area (Å²) in [7, 11) is 0. The fourth-order valence-corrected chi connectivity index (χ4v) is 5.65. The fourth-order valence-electron chi connectivity index (χ4n) is 5.65. The van der Waals surface area contributed by atoms with Gasteiger partial charge in [0.2, 0.25) is 0 Å².